The van der Waals surface area contributed by atoms with Crippen LogP contribution in [0, 0.1) is 22.7 Å². The zero-order valence-electron chi connectivity index (χ0n) is 24.3. The lowest BCUT2D eigenvalue weighted by atomic mass is 9.96. The van der Waals surface area contributed by atoms with E-state index in [9.17, 15) is 29.7 Å². The Kier molecular flexibility index (Phi) is 9.61. The Morgan fingerprint density at radius 2 is 1.61 bits per heavy atom. The predicted molar refractivity (Wildman–Crippen MR) is 175 cm³/mol. The molecule has 2 amide bonds. The van der Waals surface area contributed by atoms with Gasteiger partial charge in [0.25, 0.3) is 0 Å². The number of imide groups is 1. The number of Topliss-reactive ketones (excluding diaryl/α,β-unsaturated/α-hetero) is 1. The summed E-state index contributed by atoms with van der Waals surface area (Å²) in [6.07, 6.45) is 0.643. The number of halogens is 1. The normalized spacial score (nSPS) is 14.1. The summed E-state index contributed by atoms with van der Waals surface area (Å²) in [6.45, 7) is 1.56. The van der Waals surface area contributed by atoms with Crippen molar-refractivity contribution < 1.29 is 23.9 Å². The van der Waals surface area contributed by atoms with Crippen LogP contribution in [0.4, 0.5) is 11.5 Å². The number of nitrogen functional groups attached to an aromatic ring is 1. The van der Waals surface area contributed by atoms with E-state index in [1.807, 2.05) is 25.1 Å². The topological polar surface area (TPSA) is 167 Å². The van der Waals surface area contributed by atoms with Gasteiger partial charge in [-0.15, -0.1) is 0 Å². The number of nitriles is 2. The largest absolute Gasteiger partial charge is 0.454 e. The summed E-state index contributed by atoms with van der Waals surface area (Å²) in [7, 11) is 0. The number of aromatic nitrogens is 1. The summed E-state index contributed by atoms with van der Waals surface area (Å²) in [5, 5.41) is 19.2. The number of rotatable bonds is 9. The summed E-state index contributed by atoms with van der Waals surface area (Å²) in [5.41, 5.74) is 9.04. The van der Waals surface area contributed by atoms with E-state index in [0.29, 0.717) is 16.7 Å². The van der Waals surface area contributed by atoms with Crippen LogP contribution >= 0.6 is 27.7 Å². The molecule has 1 atom stereocenters. The zero-order chi connectivity index (χ0) is 33.0. The van der Waals surface area contributed by atoms with Crippen molar-refractivity contribution in [2.75, 3.05) is 17.2 Å². The third-order valence-electron chi connectivity index (χ3n) is 7.29. The van der Waals surface area contributed by atoms with Gasteiger partial charge in [-0.3, -0.25) is 14.4 Å². The number of benzene rings is 3. The van der Waals surface area contributed by atoms with Gasteiger partial charge in [0.05, 0.1) is 22.1 Å². The minimum atomic E-state index is -0.913. The van der Waals surface area contributed by atoms with Crippen molar-refractivity contribution in [3.63, 3.8) is 0 Å². The molecule has 1 unspecified atom stereocenters. The Labute approximate surface area is 276 Å². The maximum atomic E-state index is 13.5. The predicted octanol–water partition coefficient (Wildman–Crippen LogP) is 5.86. The summed E-state index contributed by atoms with van der Waals surface area (Å²) in [5.74, 6) is -2.21. The molecular formula is C34H24BrN5O5S. The maximum absolute atomic E-state index is 13.5. The van der Waals surface area contributed by atoms with Gasteiger partial charge in [-0.2, -0.15) is 10.5 Å². The molecule has 12 heteroatoms. The van der Waals surface area contributed by atoms with Gasteiger partial charge in [-0.1, -0.05) is 71.0 Å². The highest BCUT2D eigenvalue weighted by atomic mass is 79.9. The van der Waals surface area contributed by atoms with E-state index >= 15 is 0 Å². The molecule has 5 rings (SSSR count). The van der Waals surface area contributed by atoms with Crippen molar-refractivity contribution in [2.45, 2.75) is 30.0 Å². The molecule has 228 valence electrons. The minimum absolute atomic E-state index is 0.0527. The number of ketones is 1. The smallest absolute Gasteiger partial charge is 0.338 e. The van der Waals surface area contributed by atoms with E-state index in [1.165, 1.54) is 24.3 Å². The molecule has 0 saturated carbocycles. The number of hydrogen-bond donors (Lipinski definition) is 1. The van der Waals surface area contributed by atoms with Crippen LogP contribution in [0.5, 0.6) is 0 Å². The van der Waals surface area contributed by atoms with Crippen LogP contribution < -0.4 is 10.6 Å². The number of hydrogen-bond acceptors (Lipinski definition) is 10. The third-order valence-corrected chi connectivity index (χ3v) is 8.99. The summed E-state index contributed by atoms with van der Waals surface area (Å²) in [6, 6.07) is 23.9. The molecule has 0 spiro atoms. The standard InChI is InChI=1S/C34H24BrN5O5S/c1-2-19-3-5-21(6-4-19)30-25(16-36)31(38)39-32(26(30)17-37)46-28-15-29(42)40(33(28)43)24-13-9-22(10-14-24)34(44)45-18-27(41)20-7-11-23(35)12-8-20/h3-14,28H,2,15,18H2,1H3,(H2,38,39). The second kappa shape index (κ2) is 13.8. The van der Waals surface area contributed by atoms with Gasteiger partial charge in [0, 0.05) is 22.0 Å². The fourth-order valence-corrected chi connectivity index (χ4v) is 6.24. The molecule has 1 saturated heterocycles. The Balaban J connectivity index is 1.32. The Morgan fingerprint density at radius 1 is 0.978 bits per heavy atom. The number of aryl methyl sites for hydroxylation is 1. The van der Waals surface area contributed by atoms with Gasteiger partial charge in [0.15, 0.2) is 12.4 Å². The highest BCUT2D eigenvalue weighted by Gasteiger charge is 2.41. The Bertz CT molecular complexity index is 1950. The lowest BCUT2D eigenvalue weighted by molar-refractivity contribution is -0.121. The number of anilines is 2. The van der Waals surface area contributed by atoms with Gasteiger partial charge >= 0.3 is 5.97 Å². The lowest BCUT2D eigenvalue weighted by Gasteiger charge is -2.17. The molecule has 0 bridgehead atoms. The first-order chi connectivity index (χ1) is 22.1. The SMILES string of the molecule is CCc1ccc(-c2c(C#N)c(N)nc(SC3CC(=O)N(c4ccc(C(=O)OCC(=O)c5ccc(Br)cc5)cc4)C3=O)c2C#N)cc1. The fraction of sp³-hybridized carbons (Fsp3) is 0.147. The van der Waals surface area contributed by atoms with Gasteiger partial charge in [0.2, 0.25) is 11.8 Å². The summed E-state index contributed by atoms with van der Waals surface area (Å²) in [4.78, 5) is 56.7. The van der Waals surface area contributed by atoms with Crippen molar-refractivity contribution in [1.29, 1.82) is 10.5 Å². The zero-order valence-corrected chi connectivity index (χ0v) is 26.7. The van der Waals surface area contributed by atoms with Crippen LogP contribution in [0.3, 0.4) is 0 Å². The molecule has 0 aliphatic carbocycles. The lowest BCUT2D eigenvalue weighted by Crippen LogP contribution is -2.31. The molecular weight excluding hydrogens is 670 g/mol. The van der Waals surface area contributed by atoms with Crippen molar-refractivity contribution >= 4 is 62.8 Å². The molecule has 2 N–H and O–H groups in total. The number of carbonyl (C=O) groups excluding carboxylic acids is 4. The monoisotopic (exact) mass is 693 g/mol. The number of ether oxygens (including phenoxy) is 1. The van der Waals surface area contributed by atoms with E-state index < -0.39 is 29.6 Å². The van der Waals surface area contributed by atoms with Crippen molar-refractivity contribution in [1.82, 2.24) is 4.98 Å². The first-order valence-corrected chi connectivity index (χ1v) is 15.6. The van der Waals surface area contributed by atoms with Gasteiger partial charge < -0.3 is 10.5 Å². The van der Waals surface area contributed by atoms with Crippen LogP contribution in [-0.2, 0) is 20.7 Å². The van der Waals surface area contributed by atoms with Crippen LogP contribution in [0.25, 0.3) is 11.1 Å². The molecule has 10 nitrogen and oxygen atoms in total. The number of amides is 2. The molecule has 1 aromatic heterocycles. The highest BCUT2D eigenvalue weighted by Crippen LogP contribution is 2.40. The van der Waals surface area contributed by atoms with E-state index in [-0.39, 0.29) is 45.4 Å². The second-order valence-electron chi connectivity index (χ2n) is 10.1. The van der Waals surface area contributed by atoms with E-state index in [2.05, 4.69) is 27.0 Å². The Morgan fingerprint density at radius 3 is 2.22 bits per heavy atom. The van der Waals surface area contributed by atoms with Crippen molar-refractivity contribution in [3.05, 3.63) is 105 Å². The molecule has 0 radical (unpaired) electrons. The Hall–Kier alpha value is -5.30. The van der Waals surface area contributed by atoms with Crippen LogP contribution in [0.2, 0.25) is 0 Å². The number of nitrogens with two attached hydrogens (primary N) is 1. The molecule has 4 aromatic rings. The number of nitrogens with zero attached hydrogens (tertiary/aromatic N) is 4. The molecule has 2 heterocycles. The summed E-state index contributed by atoms with van der Waals surface area (Å²) < 4.78 is 5.96. The first kappa shape index (κ1) is 32.1. The average Bonchev–Trinajstić information content (AvgIpc) is 3.35. The highest BCUT2D eigenvalue weighted by molar-refractivity contribution is 9.10. The third kappa shape index (κ3) is 6.54. The minimum Gasteiger partial charge on any atom is -0.454 e. The quantitative estimate of drug-likeness (QED) is 0.127. The van der Waals surface area contributed by atoms with Crippen molar-refractivity contribution in [2.24, 2.45) is 0 Å². The summed E-state index contributed by atoms with van der Waals surface area (Å²) >= 11 is 4.23. The molecule has 1 aliphatic heterocycles. The first-order valence-electron chi connectivity index (χ1n) is 14.0. The van der Waals surface area contributed by atoms with Gasteiger partial charge in [-0.25, -0.2) is 14.7 Å². The fourth-order valence-electron chi connectivity index (χ4n) is 4.86. The molecule has 46 heavy (non-hydrogen) atoms. The van der Waals surface area contributed by atoms with Gasteiger partial charge in [-0.05, 0) is 53.9 Å². The maximum Gasteiger partial charge on any atom is 0.338 e. The second-order valence-corrected chi connectivity index (χ2v) is 12.2. The van der Waals surface area contributed by atoms with Crippen LogP contribution in [0.1, 0.15) is 50.8 Å². The number of pyridine rings is 1. The number of carbonyl (C=O) groups is 4. The van der Waals surface area contributed by atoms with E-state index in [1.54, 1.807) is 36.4 Å². The molecule has 1 fully saturated rings. The molecule has 1 aliphatic rings. The number of thioether (sulfide) groups is 1. The van der Waals surface area contributed by atoms with E-state index in [0.717, 1.165) is 33.1 Å². The molecule has 3 aromatic carbocycles. The average molecular weight is 695 g/mol. The number of esters is 1. The van der Waals surface area contributed by atoms with E-state index in [4.69, 9.17) is 10.5 Å². The van der Waals surface area contributed by atoms with Crippen molar-refractivity contribution in [3.8, 4) is 23.3 Å². The van der Waals surface area contributed by atoms with Crippen LogP contribution in [-0.4, -0.2) is 40.4 Å². The van der Waals surface area contributed by atoms with Gasteiger partial charge in [0.1, 0.15) is 28.5 Å². The van der Waals surface area contributed by atoms with Crippen LogP contribution in [0.15, 0.2) is 82.3 Å².